The van der Waals surface area contributed by atoms with E-state index in [1.165, 1.54) is 0 Å². The summed E-state index contributed by atoms with van der Waals surface area (Å²) < 4.78 is 127. The van der Waals surface area contributed by atoms with Gasteiger partial charge in [-0.3, -0.25) is 0 Å². The van der Waals surface area contributed by atoms with Crippen LogP contribution in [0, 0.1) is 0 Å². The van der Waals surface area contributed by atoms with Gasteiger partial charge in [-0.25, -0.2) is 23.2 Å². The number of nitrogens with zero attached hydrogens (tertiary/aromatic N) is 3. The van der Waals surface area contributed by atoms with Crippen molar-refractivity contribution in [3.63, 3.8) is 0 Å². The van der Waals surface area contributed by atoms with Crippen LogP contribution in [0.25, 0.3) is 16.9 Å². The van der Waals surface area contributed by atoms with Crippen LogP contribution in [0.3, 0.4) is 0 Å². The molecule has 0 saturated carbocycles. The Kier molecular flexibility index (Phi) is 6.36. The average molecular weight is 551 g/mol. The van der Waals surface area contributed by atoms with E-state index in [1.807, 2.05) is 0 Å². The van der Waals surface area contributed by atoms with E-state index in [9.17, 15) is 43.2 Å². The van der Waals surface area contributed by atoms with Gasteiger partial charge in [0.05, 0.1) is 22.6 Å². The molecule has 9 nitrogen and oxygen atoms in total. The zero-order valence-corrected chi connectivity index (χ0v) is 18.4. The maximum Gasteiger partial charge on any atom is 0.534 e. The second-order valence-electron chi connectivity index (χ2n) is 6.35. The molecule has 184 valence electrons. The number of alkyl halides is 6. The first-order valence-electron chi connectivity index (χ1n) is 8.37. The fourth-order valence-corrected chi connectivity index (χ4v) is 3.68. The molecule has 1 aromatic carbocycles. The summed E-state index contributed by atoms with van der Waals surface area (Å²) in [5.41, 5.74) is -7.71. The highest BCUT2D eigenvalue weighted by Gasteiger charge is 2.48. The Balaban J connectivity index is 2.11. The minimum Gasteiger partial charge on any atom is -0.374 e. The van der Waals surface area contributed by atoms with Gasteiger partial charge in [0.25, 0.3) is 10.0 Å². The van der Waals surface area contributed by atoms with Crippen LogP contribution in [-0.2, 0) is 26.3 Å². The highest BCUT2D eigenvalue weighted by atomic mass is 35.5. The Morgan fingerprint density at radius 1 is 0.971 bits per heavy atom. The van der Waals surface area contributed by atoms with Crippen LogP contribution >= 0.6 is 11.6 Å². The van der Waals surface area contributed by atoms with Crippen molar-refractivity contribution in [1.29, 1.82) is 0 Å². The van der Waals surface area contributed by atoms with Gasteiger partial charge < -0.3 is 4.18 Å². The molecule has 3 aromatic rings. The topological polar surface area (TPSA) is 134 Å². The molecule has 3 rings (SSSR count). The molecule has 0 aliphatic carbocycles. The molecular weight excluding hydrogens is 542 g/mol. The number of nitrogens with two attached hydrogens (primary N) is 1. The minimum atomic E-state index is -6.05. The number of pyridine rings is 1. The first-order chi connectivity index (χ1) is 15.4. The maximum atomic E-state index is 13.3. The highest BCUT2D eigenvalue weighted by molar-refractivity contribution is 7.89. The second kappa shape index (κ2) is 8.40. The summed E-state index contributed by atoms with van der Waals surface area (Å²) in [5.74, 6) is -0.927. The van der Waals surface area contributed by atoms with Crippen molar-refractivity contribution in [3.05, 3.63) is 53.3 Å². The first kappa shape index (κ1) is 25.7. The molecule has 18 heteroatoms. The number of sulfonamides is 1. The normalized spacial score (nSPS) is 13.2. The Bertz CT molecular complexity index is 1450. The van der Waals surface area contributed by atoms with Gasteiger partial charge in [0, 0.05) is 5.56 Å². The summed E-state index contributed by atoms with van der Waals surface area (Å²) >= 11 is 5.80. The number of hydrogen-bond donors (Lipinski definition) is 1. The zero-order valence-electron chi connectivity index (χ0n) is 16.0. The predicted molar refractivity (Wildman–Crippen MR) is 104 cm³/mol. The zero-order chi connectivity index (χ0) is 25.7. The first-order valence-corrected chi connectivity index (χ1v) is 11.7. The molecule has 34 heavy (non-hydrogen) atoms. The van der Waals surface area contributed by atoms with Crippen LogP contribution in [0.15, 0.2) is 47.6 Å². The third-order valence-corrected chi connectivity index (χ3v) is 6.05. The number of benzene rings is 1. The highest BCUT2D eigenvalue weighted by Crippen LogP contribution is 2.37. The lowest BCUT2D eigenvalue weighted by Crippen LogP contribution is -2.28. The van der Waals surface area contributed by atoms with Gasteiger partial charge >= 0.3 is 21.8 Å². The Labute approximate surface area is 191 Å². The van der Waals surface area contributed by atoms with Crippen molar-refractivity contribution in [2.24, 2.45) is 5.14 Å². The van der Waals surface area contributed by atoms with Gasteiger partial charge in [0.1, 0.15) is 0 Å². The largest absolute Gasteiger partial charge is 0.534 e. The molecule has 2 N–H and O–H groups in total. The Morgan fingerprint density at radius 2 is 1.62 bits per heavy atom. The minimum absolute atomic E-state index is 0.139. The fourth-order valence-electron chi connectivity index (χ4n) is 2.48. The molecule has 0 radical (unpaired) electrons. The van der Waals surface area contributed by atoms with E-state index in [0.717, 1.165) is 30.5 Å². The molecule has 0 amide bonds. The lowest BCUT2D eigenvalue weighted by atomic mass is 10.1. The molecule has 0 unspecified atom stereocenters. The van der Waals surface area contributed by atoms with Crippen molar-refractivity contribution >= 4 is 31.7 Å². The van der Waals surface area contributed by atoms with E-state index >= 15 is 0 Å². The SMILES string of the molecule is NS(=O)(=O)c1ccc(-n2nc(C(F)(F)F)cc2-c2ccc(OS(=O)(=O)C(F)(F)F)c(Cl)c2)cn1. The summed E-state index contributed by atoms with van der Waals surface area (Å²) in [7, 11) is -10.3. The second-order valence-corrected chi connectivity index (χ2v) is 9.81. The van der Waals surface area contributed by atoms with E-state index in [4.69, 9.17) is 16.7 Å². The van der Waals surface area contributed by atoms with Crippen molar-refractivity contribution in [1.82, 2.24) is 14.8 Å². The van der Waals surface area contributed by atoms with Crippen LogP contribution in [0.5, 0.6) is 5.75 Å². The maximum absolute atomic E-state index is 13.3. The van der Waals surface area contributed by atoms with Crippen LogP contribution < -0.4 is 9.32 Å². The lowest BCUT2D eigenvalue weighted by molar-refractivity contribution is -0.141. The number of primary sulfonamides is 1. The molecule has 0 spiro atoms. The summed E-state index contributed by atoms with van der Waals surface area (Å²) in [6.45, 7) is 0. The van der Waals surface area contributed by atoms with E-state index in [2.05, 4.69) is 14.3 Å². The smallest absolute Gasteiger partial charge is 0.374 e. The molecule has 2 heterocycles. The molecule has 0 saturated heterocycles. The number of halogens is 7. The Hall–Kier alpha value is -2.89. The third-order valence-electron chi connectivity index (χ3n) is 3.97. The van der Waals surface area contributed by atoms with Crippen molar-refractivity contribution in [3.8, 4) is 22.7 Å². The van der Waals surface area contributed by atoms with Crippen molar-refractivity contribution in [2.75, 3.05) is 0 Å². The van der Waals surface area contributed by atoms with Crippen LogP contribution in [0.2, 0.25) is 5.02 Å². The van der Waals surface area contributed by atoms with Crippen LogP contribution in [0.4, 0.5) is 26.3 Å². The predicted octanol–water partition coefficient (Wildman–Crippen LogP) is 3.48. The standard InChI is InChI=1S/C16H9ClF6N4O5S2/c17-10-5-8(1-3-12(10)32-34(30,31)16(21,22)23)11-6-13(15(18,19)20)26-27(11)9-2-4-14(25-7-9)33(24,28)29/h1-7H,(H2,24,28,29). The van der Waals surface area contributed by atoms with Gasteiger partial charge in [-0.15, -0.1) is 0 Å². The van der Waals surface area contributed by atoms with Gasteiger partial charge in [-0.1, -0.05) is 11.6 Å². The number of hydrogen-bond acceptors (Lipinski definition) is 7. The summed E-state index contributed by atoms with van der Waals surface area (Å²) in [6.07, 6.45) is -4.05. The van der Waals surface area contributed by atoms with Gasteiger partial charge in [-0.2, -0.15) is 39.9 Å². The number of rotatable bonds is 5. The van der Waals surface area contributed by atoms with Crippen LogP contribution in [0.1, 0.15) is 5.69 Å². The van der Waals surface area contributed by atoms with Crippen molar-refractivity contribution in [2.45, 2.75) is 16.7 Å². The summed E-state index contributed by atoms with van der Waals surface area (Å²) in [5, 5.41) is 7.10. The Morgan fingerprint density at radius 3 is 2.09 bits per heavy atom. The molecule has 0 fully saturated rings. The molecule has 0 bridgehead atoms. The molecule has 0 atom stereocenters. The summed E-state index contributed by atoms with van der Waals surface area (Å²) in [4.78, 5) is 3.55. The van der Waals surface area contributed by atoms with E-state index in [-0.39, 0.29) is 16.9 Å². The summed E-state index contributed by atoms with van der Waals surface area (Å²) in [6, 6.07) is 5.03. The van der Waals surface area contributed by atoms with E-state index < -0.39 is 53.3 Å². The van der Waals surface area contributed by atoms with Crippen LogP contribution in [-0.4, -0.2) is 37.1 Å². The monoisotopic (exact) mass is 550 g/mol. The lowest BCUT2D eigenvalue weighted by Gasteiger charge is -2.12. The quantitative estimate of drug-likeness (QED) is 0.292. The average Bonchev–Trinajstić information content (AvgIpc) is 3.14. The van der Waals surface area contributed by atoms with Gasteiger partial charge in [0.15, 0.2) is 16.5 Å². The molecule has 0 aliphatic heterocycles. The number of aromatic nitrogens is 3. The van der Waals surface area contributed by atoms with Gasteiger partial charge in [-0.05, 0) is 36.4 Å². The molecule has 2 aromatic heterocycles. The van der Waals surface area contributed by atoms with E-state index in [1.54, 1.807) is 0 Å². The fraction of sp³-hybridized carbons (Fsp3) is 0.125. The van der Waals surface area contributed by atoms with Crippen molar-refractivity contribution < 1.29 is 47.4 Å². The van der Waals surface area contributed by atoms with Gasteiger partial charge in [0.2, 0.25) is 0 Å². The molecule has 0 aliphatic rings. The molecular formula is C16H9ClF6N4O5S2. The van der Waals surface area contributed by atoms with E-state index in [0.29, 0.717) is 16.8 Å². The third kappa shape index (κ3) is 5.26.